The minimum absolute atomic E-state index is 0.0389. The normalized spacial score (nSPS) is 27.4. The number of carboxylic acid groups (broad SMARTS) is 1. The number of thiazole rings is 1. The number of aromatic nitrogens is 1. The molecule has 1 aromatic rings. The molecule has 4 nitrogen and oxygen atoms in total. The summed E-state index contributed by atoms with van der Waals surface area (Å²) in [6, 6.07) is 0. The van der Waals surface area contributed by atoms with E-state index in [0.29, 0.717) is 5.69 Å². The first-order valence-corrected chi connectivity index (χ1v) is 7.01. The third kappa shape index (κ3) is 2.16. The van der Waals surface area contributed by atoms with Gasteiger partial charge < -0.3 is 10.0 Å². The lowest BCUT2D eigenvalue weighted by molar-refractivity contribution is -0.136. The predicted molar refractivity (Wildman–Crippen MR) is 66.5 cm³/mol. The van der Waals surface area contributed by atoms with Gasteiger partial charge in [0.05, 0.1) is 12.1 Å². The van der Waals surface area contributed by atoms with Crippen LogP contribution in [0.2, 0.25) is 0 Å². The van der Waals surface area contributed by atoms with Crippen LogP contribution in [-0.4, -0.2) is 29.1 Å². The molecule has 1 aliphatic carbocycles. The van der Waals surface area contributed by atoms with Crippen LogP contribution in [0.25, 0.3) is 0 Å². The SMILES string of the molecule is O=C(O)Cc1csc(N2CC3CCCC3C2)n1. The van der Waals surface area contributed by atoms with Crippen molar-refractivity contribution in [3.05, 3.63) is 11.1 Å². The molecule has 92 valence electrons. The molecule has 5 heteroatoms. The Labute approximate surface area is 104 Å². The summed E-state index contributed by atoms with van der Waals surface area (Å²) >= 11 is 1.58. The van der Waals surface area contributed by atoms with Crippen molar-refractivity contribution in [3.63, 3.8) is 0 Å². The molecular formula is C12H16N2O2S. The molecule has 2 unspecified atom stereocenters. The fraction of sp³-hybridized carbons (Fsp3) is 0.667. The number of nitrogens with zero attached hydrogens (tertiary/aromatic N) is 2. The van der Waals surface area contributed by atoms with Gasteiger partial charge in [-0.15, -0.1) is 11.3 Å². The molecule has 2 heterocycles. The molecule has 0 amide bonds. The Hall–Kier alpha value is -1.10. The minimum atomic E-state index is -0.805. The molecule has 3 rings (SSSR count). The molecule has 1 aliphatic heterocycles. The van der Waals surface area contributed by atoms with Crippen molar-refractivity contribution in [3.8, 4) is 0 Å². The number of rotatable bonds is 3. The first-order valence-electron chi connectivity index (χ1n) is 6.13. The van der Waals surface area contributed by atoms with E-state index in [1.807, 2.05) is 5.38 Å². The highest BCUT2D eigenvalue weighted by molar-refractivity contribution is 7.13. The van der Waals surface area contributed by atoms with Crippen LogP contribution in [0.4, 0.5) is 5.13 Å². The van der Waals surface area contributed by atoms with Crippen molar-refractivity contribution in [2.75, 3.05) is 18.0 Å². The van der Waals surface area contributed by atoms with Gasteiger partial charge in [0.25, 0.3) is 0 Å². The zero-order valence-electron chi connectivity index (χ0n) is 9.63. The van der Waals surface area contributed by atoms with Crippen LogP contribution in [0, 0.1) is 11.8 Å². The summed E-state index contributed by atoms with van der Waals surface area (Å²) in [6.07, 6.45) is 4.13. The van der Waals surface area contributed by atoms with Crippen molar-refractivity contribution in [1.29, 1.82) is 0 Å². The maximum Gasteiger partial charge on any atom is 0.309 e. The number of hydrogen-bond acceptors (Lipinski definition) is 4. The fourth-order valence-electron chi connectivity index (χ4n) is 3.07. The second kappa shape index (κ2) is 4.29. The lowest BCUT2D eigenvalue weighted by atomic mass is 10.0. The molecule has 2 atom stereocenters. The second-order valence-electron chi connectivity index (χ2n) is 5.05. The zero-order chi connectivity index (χ0) is 11.8. The third-order valence-electron chi connectivity index (χ3n) is 3.87. The molecule has 2 aliphatic rings. The average molecular weight is 252 g/mol. The number of carbonyl (C=O) groups is 1. The molecule has 0 bridgehead atoms. The first kappa shape index (κ1) is 11.0. The van der Waals surface area contributed by atoms with E-state index in [4.69, 9.17) is 5.11 Å². The van der Waals surface area contributed by atoms with Gasteiger partial charge in [-0.25, -0.2) is 4.98 Å². The lowest BCUT2D eigenvalue weighted by Crippen LogP contribution is -2.20. The van der Waals surface area contributed by atoms with Crippen molar-refractivity contribution < 1.29 is 9.90 Å². The molecule has 1 saturated heterocycles. The molecule has 1 saturated carbocycles. The van der Waals surface area contributed by atoms with Crippen LogP contribution >= 0.6 is 11.3 Å². The van der Waals surface area contributed by atoms with Crippen LogP contribution in [0.1, 0.15) is 25.0 Å². The molecule has 17 heavy (non-hydrogen) atoms. The minimum Gasteiger partial charge on any atom is -0.481 e. The Bertz CT molecular complexity index is 420. The van der Waals surface area contributed by atoms with E-state index in [0.717, 1.165) is 30.1 Å². The summed E-state index contributed by atoms with van der Waals surface area (Å²) in [5, 5.41) is 11.6. The van der Waals surface area contributed by atoms with Crippen LogP contribution in [0.15, 0.2) is 5.38 Å². The van der Waals surface area contributed by atoms with Crippen LogP contribution in [-0.2, 0) is 11.2 Å². The summed E-state index contributed by atoms with van der Waals surface area (Å²) in [4.78, 5) is 17.4. The quantitative estimate of drug-likeness (QED) is 0.894. The van der Waals surface area contributed by atoms with E-state index < -0.39 is 5.97 Å². The predicted octanol–water partition coefficient (Wildman–Crippen LogP) is 2.01. The average Bonchev–Trinajstić information content (AvgIpc) is 2.87. The van der Waals surface area contributed by atoms with Gasteiger partial charge in [-0.3, -0.25) is 4.79 Å². The lowest BCUT2D eigenvalue weighted by Gasteiger charge is -2.15. The van der Waals surface area contributed by atoms with Crippen molar-refractivity contribution in [1.82, 2.24) is 4.98 Å². The van der Waals surface area contributed by atoms with Gasteiger partial charge in [-0.05, 0) is 24.7 Å². The summed E-state index contributed by atoms with van der Waals surface area (Å²) in [5.41, 5.74) is 0.689. The monoisotopic (exact) mass is 252 g/mol. The van der Waals surface area contributed by atoms with Crippen molar-refractivity contribution in [2.24, 2.45) is 11.8 Å². The highest BCUT2D eigenvalue weighted by atomic mass is 32.1. The van der Waals surface area contributed by atoms with Crippen LogP contribution in [0.5, 0.6) is 0 Å². The van der Waals surface area contributed by atoms with E-state index >= 15 is 0 Å². The number of aliphatic carboxylic acids is 1. The molecule has 0 radical (unpaired) electrons. The molecular weight excluding hydrogens is 236 g/mol. The first-order chi connectivity index (χ1) is 8.22. The molecule has 1 aromatic heterocycles. The Morgan fingerprint density at radius 3 is 2.82 bits per heavy atom. The number of fused-ring (bicyclic) bond motifs is 1. The largest absolute Gasteiger partial charge is 0.481 e. The van der Waals surface area contributed by atoms with Gasteiger partial charge in [0.15, 0.2) is 5.13 Å². The molecule has 2 fully saturated rings. The highest BCUT2D eigenvalue weighted by Crippen LogP contribution is 2.40. The summed E-state index contributed by atoms with van der Waals surface area (Å²) in [6.45, 7) is 2.23. The Morgan fingerprint density at radius 1 is 1.47 bits per heavy atom. The van der Waals surface area contributed by atoms with Crippen LogP contribution < -0.4 is 4.90 Å². The summed E-state index contributed by atoms with van der Waals surface area (Å²) < 4.78 is 0. The molecule has 1 N–H and O–H groups in total. The van der Waals surface area contributed by atoms with Gasteiger partial charge in [0, 0.05) is 18.5 Å². The van der Waals surface area contributed by atoms with Gasteiger partial charge in [-0.1, -0.05) is 6.42 Å². The van der Waals surface area contributed by atoms with E-state index in [1.165, 1.54) is 19.3 Å². The number of carboxylic acids is 1. The zero-order valence-corrected chi connectivity index (χ0v) is 10.4. The molecule has 0 aromatic carbocycles. The van der Waals surface area contributed by atoms with Crippen molar-refractivity contribution in [2.45, 2.75) is 25.7 Å². The maximum atomic E-state index is 10.6. The molecule has 0 spiro atoms. The highest BCUT2D eigenvalue weighted by Gasteiger charge is 2.36. The van der Waals surface area contributed by atoms with E-state index in [2.05, 4.69) is 9.88 Å². The standard InChI is InChI=1S/C12H16N2O2S/c15-11(16)4-10-7-17-12(13-10)14-5-8-2-1-3-9(8)6-14/h7-9H,1-6H2,(H,15,16). The topological polar surface area (TPSA) is 53.4 Å². The smallest absolute Gasteiger partial charge is 0.309 e. The summed E-state index contributed by atoms with van der Waals surface area (Å²) in [7, 11) is 0. The van der Waals surface area contributed by atoms with Gasteiger partial charge in [0.2, 0.25) is 0 Å². The Morgan fingerprint density at radius 2 is 2.18 bits per heavy atom. The fourth-order valence-corrected chi connectivity index (χ4v) is 3.91. The third-order valence-corrected chi connectivity index (χ3v) is 4.82. The number of hydrogen-bond donors (Lipinski definition) is 1. The van der Waals surface area contributed by atoms with Gasteiger partial charge in [-0.2, -0.15) is 0 Å². The summed E-state index contributed by atoms with van der Waals surface area (Å²) in [5.74, 6) is 0.892. The van der Waals surface area contributed by atoms with Gasteiger partial charge >= 0.3 is 5.97 Å². The maximum absolute atomic E-state index is 10.6. The van der Waals surface area contributed by atoms with Crippen LogP contribution in [0.3, 0.4) is 0 Å². The Balaban J connectivity index is 1.68. The second-order valence-corrected chi connectivity index (χ2v) is 5.88. The van der Waals surface area contributed by atoms with E-state index in [-0.39, 0.29) is 6.42 Å². The van der Waals surface area contributed by atoms with E-state index in [1.54, 1.807) is 11.3 Å². The van der Waals surface area contributed by atoms with E-state index in [9.17, 15) is 4.79 Å². The number of anilines is 1. The van der Waals surface area contributed by atoms with Gasteiger partial charge in [0.1, 0.15) is 0 Å². The Kier molecular flexibility index (Phi) is 2.78. The van der Waals surface area contributed by atoms with Crippen molar-refractivity contribution >= 4 is 22.4 Å².